The number of rotatable bonds is 7. The molecule has 0 spiro atoms. The Hall–Kier alpha value is -3.52. The Labute approximate surface area is 211 Å². The van der Waals surface area contributed by atoms with Crippen molar-refractivity contribution in [3.05, 3.63) is 72.2 Å². The van der Waals surface area contributed by atoms with Crippen LogP contribution in [-0.2, 0) is 0 Å². The zero-order valence-electron chi connectivity index (χ0n) is 20.9. The van der Waals surface area contributed by atoms with E-state index in [1.54, 1.807) is 12.1 Å². The fourth-order valence-electron chi connectivity index (χ4n) is 5.65. The fourth-order valence-corrected chi connectivity index (χ4v) is 5.65. The van der Waals surface area contributed by atoms with Crippen LogP contribution in [0.25, 0.3) is 17.0 Å². The summed E-state index contributed by atoms with van der Waals surface area (Å²) in [5, 5.41) is 4.98. The Morgan fingerprint density at radius 2 is 1.83 bits per heavy atom. The molecule has 0 amide bonds. The van der Waals surface area contributed by atoms with Gasteiger partial charge in [-0.1, -0.05) is 32.0 Å². The maximum absolute atomic E-state index is 13.9. The van der Waals surface area contributed by atoms with Crippen molar-refractivity contribution in [1.82, 2.24) is 24.5 Å². The normalized spacial score (nSPS) is 18.4. The van der Waals surface area contributed by atoms with Crippen molar-refractivity contribution in [3.63, 3.8) is 0 Å². The van der Waals surface area contributed by atoms with E-state index in [-0.39, 0.29) is 11.9 Å². The second-order valence-electron chi connectivity index (χ2n) is 9.67. The summed E-state index contributed by atoms with van der Waals surface area (Å²) in [5.74, 6) is 1.67. The molecule has 7 nitrogen and oxygen atoms in total. The van der Waals surface area contributed by atoms with Crippen molar-refractivity contribution in [1.29, 1.82) is 0 Å². The molecule has 5 heterocycles. The van der Waals surface area contributed by atoms with Crippen molar-refractivity contribution >= 4 is 17.3 Å². The molecule has 4 aromatic rings. The highest BCUT2D eigenvalue weighted by Crippen LogP contribution is 2.36. The molecular weight excluding hydrogens is 453 g/mol. The summed E-state index contributed by atoms with van der Waals surface area (Å²) in [7, 11) is 0. The summed E-state index contributed by atoms with van der Waals surface area (Å²) in [6.07, 6.45) is 3.88. The van der Waals surface area contributed by atoms with Gasteiger partial charge in [-0.15, -0.1) is 5.10 Å². The molecule has 8 heteroatoms. The van der Waals surface area contributed by atoms with Gasteiger partial charge < -0.3 is 9.80 Å². The first-order valence-corrected chi connectivity index (χ1v) is 13.0. The van der Waals surface area contributed by atoms with Gasteiger partial charge in [0.05, 0.1) is 17.9 Å². The molecule has 0 radical (unpaired) electrons. The lowest BCUT2D eigenvalue weighted by atomic mass is 10.0. The molecule has 0 aliphatic carbocycles. The Kier molecular flexibility index (Phi) is 6.05. The fraction of sp³-hybridized carbons (Fsp3) is 0.393. The van der Waals surface area contributed by atoms with Crippen LogP contribution in [0.5, 0.6) is 0 Å². The topological polar surface area (TPSA) is 52.8 Å². The lowest BCUT2D eigenvalue weighted by Crippen LogP contribution is -2.59. The SMILES string of the molecule is CCN(CC)C1CN(c2cccc(-c3cnc4ccc(N5CCC[C@@H]5c5cccc(F)c5)nn34)n2)C1. The quantitative estimate of drug-likeness (QED) is 0.375. The van der Waals surface area contributed by atoms with E-state index in [2.05, 4.69) is 45.7 Å². The van der Waals surface area contributed by atoms with Crippen LogP contribution in [0.2, 0.25) is 0 Å². The van der Waals surface area contributed by atoms with Crippen molar-refractivity contribution in [2.75, 3.05) is 42.5 Å². The van der Waals surface area contributed by atoms with Gasteiger partial charge in [-0.25, -0.2) is 18.9 Å². The minimum absolute atomic E-state index is 0.115. The predicted octanol–water partition coefficient (Wildman–Crippen LogP) is 4.80. The molecule has 1 aromatic carbocycles. The zero-order valence-corrected chi connectivity index (χ0v) is 20.9. The van der Waals surface area contributed by atoms with Gasteiger partial charge in [0.1, 0.15) is 23.1 Å². The van der Waals surface area contributed by atoms with Gasteiger partial charge in [0.15, 0.2) is 5.65 Å². The molecular formula is C28H32FN7. The van der Waals surface area contributed by atoms with Gasteiger partial charge in [0.2, 0.25) is 0 Å². The minimum Gasteiger partial charge on any atom is -0.353 e. The number of likely N-dealkylation sites (N-methyl/N-ethyl adjacent to an activating group) is 1. The van der Waals surface area contributed by atoms with Gasteiger partial charge in [0.25, 0.3) is 0 Å². The highest BCUT2D eigenvalue weighted by molar-refractivity contribution is 5.63. The first-order valence-electron chi connectivity index (χ1n) is 13.0. The summed E-state index contributed by atoms with van der Waals surface area (Å²) in [6, 6.07) is 17.8. The Balaban J connectivity index is 1.28. The van der Waals surface area contributed by atoms with E-state index in [1.165, 1.54) is 6.07 Å². The predicted molar refractivity (Wildman–Crippen MR) is 141 cm³/mol. The number of fused-ring (bicyclic) bond motifs is 1. The number of imidazole rings is 1. The summed E-state index contributed by atoms with van der Waals surface area (Å²) >= 11 is 0. The van der Waals surface area contributed by atoms with Crippen molar-refractivity contribution in [2.24, 2.45) is 0 Å². The van der Waals surface area contributed by atoms with Crippen LogP contribution in [0.1, 0.15) is 38.3 Å². The molecule has 0 saturated carbocycles. The van der Waals surface area contributed by atoms with Crippen LogP contribution < -0.4 is 9.80 Å². The first kappa shape index (κ1) is 22.9. The number of anilines is 2. The molecule has 2 aliphatic heterocycles. The number of halogens is 1. The molecule has 2 aliphatic rings. The Morgan fingerprint density at radius 3 is 2.64 bits per heavy atom. The molecule has 2 fully saturated rings. The number of benzene rings is 1. The van der Waals surface area contributed by atoms with E-state index in [0.29, 0.717) is 6.04 Å². The average Bonchev–Trinajstić information content (AvgIpc) is 3.53. The summed E-state index contributed by atoms with van der Waals surface area (Å²) in [4.78, 5) is 16.7. The van der Waals surface area contributed by atoms with E-state index < -0.39 is 0 Å². The zero-order chi connectivity index (χ0) is 24.6. The molecule has 0 N–H and O–H groups in total. The first-order chi connectivity index (χ1) is 17.6. The molecule has 2 saturated heterocycles. The number of pyridine rings is 1. The van der Waals surface area contributed by atoms with Crippen LogP contribution in [0, 0.1) is 5.82 Å². The monoisotopic (exact) mass is 485 g/mol. The minimum atomic E-state index is -0.198. The smallest absolute Gasteiger partial charge is 0.154 e. The van der Waals surface area contributed by atoms with E-state index in [4.69, 9.17) is 10.1 Å². The van der Waals surface area contributed by atoms with E-state index in [0.717, 1.165) is 79.8 Å². The van der Waals surface area contributed by atoms with Crippen LogP contribution in [-0.4, -0.2) is 63.2 Å². The molecule has 186 valence electrons. The van der Waals surface area contributed by atoms with E-state index in [1.807, 2.05) is 35.0 Å². The highest BCUT2D eigenvalue weighted by atomic mass is 19.1. The van der Waals surface area contributed by atoms with Crippen molar-refractivity contribution < 1.29 is 4.39 Å². The molecule has 1 atom stereocenters. The van der Waals surface area contributed by atoms with E-state index >= 15 is 0 Å². The van der Waals surface area contributed by atoms with E-state index in [9.17, 15) is 4.39 Å². The summed E-state index contributed by atoms with van der Waals surface area (Å²) in [5.41, 5.74) is 3.51. The van der Waals surface area contributed by atoms with Crippen LogP contribution in [0.15, 0.2) is 60.8 Å². The van der Waals surface area contributed by atoms with Crippen LogP contribution >= 0.6 is 0 Å². The number of aromatic nitrogens is 4. The van der Waals surface area contributed by atoms with Gasteiger partial charge in [0, 0.05) is 25.7 Å². The lowest BCUT2D eigenvalue weighted by molar-refractivity contribution is 0.183. The molecule has 0 unspecified atom stereocenters. The maximum Gasteiger partial charge on any atom is 0.154 e. The largest absolute Gasteiger partial charge is 0.353 e. The third-order valence-electron chi connectivity index (χ3n) is 7.64. The number of hydrogen-bond acceptors (Lipinski definition) is 6. The Morgan fingerprint density at radius 1 is 1.00 bits per heavy atom. The van der Waals surface area contributed by atoms with Gasteiger partial charge in [-0.3, -0.25) is 4.90 Å². The Bertz CT molecular complexity index is 1360. The third-order valence-corrected chi connectivity index (χ3v) is 7.64. The summed E-state index contributed by atoms with van der Waals surface area (Å²) < 4.78 is 15.8. The van der Waals surface area contributed by atoms with Crippen LogP contribution in [0.4, 0.5) is 16.0 Å². The average molecular weight is 486 g/mol. The lowest BCUT2D eigenvalue weighted by Gasteiger charge is -2.45. The highest BCUT2D eigenvalue weighted by Gasteiger charge is 2.31. The summed E-state index contributed by atoms with van der Waals surface area (Å²) in [6.45, 7) is 9.50. The number of nitrogens with zero attached hydrogens (tertiary/aromatic N) is 7. The number of hydrogen-bond donors (Lipinski definition) is 0. The maximum atomic E-state index is 13.9. The molecule has 6 rings (SSSR count). The second kappa shape index (κ2) is 9.50. The van der Waals surface area contributed by atoms with Gasteiger partial charge in [-0.05, 0) is 67.9 Å². The molecule has 3 aromatic heterocycles. The molecule has 0 bridgehead atoms. The third kappa shape index (κ3) is 4.09. The van der Waals surface area contributed by atoms with Crippen molar-refractivity contribution in [3.8, 4) is 11.4 Å². The van der Waals surface area contributed by atoms with Gasteiger partial charge in [-0.2, -0.15) is 0 Å². The second-order valence-corrected chi connectivity index (χ2v) is 9.67. The van der Waals surface area contributed by atoms with Crippen molar-refractivity contribution in [2.45, 2.75) is 38.8 Å². The molecule has 36 heavy (non-hydrogen) atoms. The van der Waals surface area contributed by atoms with Crippen LogP contribution in [0.3, 0.4) is 0 Å². The standard InChI is InChI=1S/C28H32FN7/c1-3-33(4-2)22-18-34(19-22)27-12-6-10-23(31-27)25-17-30-26-13-14-28(32-36(25)26)35-15-7-11-24(35)20-8-5-9-21(29)16-20/h5-6,8-10,12-14,16-17,22,24H,3-4,7,11,15,18-19H2,1-2H3/t24-/m1/s1. The van der Waals surface area contributed by atoms with Gasteiger partial charge >= 0.3 is 0 Å².